The highest BCUT2D eigenvalue weighted by molar-refractivity contribution is 6.05. The van der Waals surface area contributed by atoms with Crippen molar-refractivity contribution in [2.75, 3.05) is 19.5 Å². The molecule has 0 aliphatic carbocycles. The lowest BCUT2D eigenvalue weighted by Crippen LogP contribution is -2.15. The summed E-state index contributed by atoms with van der Waals surface area (Å²) in [7, 11) is 3.01. The van der Waals surface area contributed by atoms with E-state index < -0.39 is 0 Å². The van der Waals surface area contributed by atoms with E-state index in [1.54, 1.807) is 29.2 Å². The van der Waals surface area contributed by atoms with E-state index in [-0.39, 0.29) is 11.9 Å². The number of ether oxygens (including phenoxy) is 2. The Labute approximate surface area is 151 Å². The van der Waals surface area contributed by atoms with Gasteiger partial charge >= 0.3 is 0 Å². The smallest absolute Gasteiger partial charge is 0.261 e. The minimum atomic E-state index is -0.366. The van der Waals surface area contributed by atoms with Gasteiger partial charge in [0.2, 0.25) is 5.95 Å². The Morgan fingerprint density at radius 3 is 2.65 bits per heavy atom. The first-order valence-electron chi connectivity index (χ1n) is 8.08. The summed E-state index contributed by atoms with van der Waals surface area (Å²) >= 11 is 0. The van der Waals surface area contributed by atoms with E-state index >= 15 is 0 Å². The van der Waals surface area contributed by atoms with Crippen molar-refractivity contribution in [2.45, 2.75) is 13.5 Å². The number of benzene rings is 2. The van der Waals surface area contributed by atoms with Gasteiger partial charge in [-0.2, -0.15) is 0 Å². The van der Waals surface area contributed by atoms with Crippen LogP contribution in [-0.2, 0) is 6.54 Å². The van der Waals surface area contributed by atoms with E-state index in [1.165, 1.54) is 19.8 Å². The largest absolute Gasteiger partial charge is 0.493 e. The number of carbonyl (C=O) groups excluding carboxylic acids is 1. The molecule has 0 saturated heterocycles. The number of amides is 1. The summed E-state index contributed by atoms with van der Waals surface area (Å²) in [6.45, 7) is 2.63. The van der Waals surface area contributed by atoms with Gasteiger partial charge in [0, 0.05) is 0 Å². The van der Waals surface area contributed by atoms with Gasteiger partial charge in [-0.05, 0) is 30.2 Å². The summed E-state index contributed by atoms with van der Waals surface area (Å²) in [5.41, 5.74) is 2.67. The molecule has 1 amide bonds. The topological polar surface area (TPSA) is 78.3 Å². The van der Waals surface area contributed by atoms with Crippen molar-refractivity contribution >= 4 is 11.9 Å². The zero-order chi connectivity index (χ0) is 18.5. The van der Waals surface area contributed by atoms with Crippen LogP contribution in [0.25, 0.3) is 0 Å². The first kappa shape index (κ1) is 17.5. The van der Waals surface area contributed by atoms with Crippen molar-refractivity contribution in [1.29, 1.82) is 0 Å². The van der Waals surface area contributed by atoms with Crippen LogP contribution in [0.1, 0.15) is 21.5 Å². The zero-order valence-electron chi connectivity index (χ0n) is 14.9. The van der Waals surface area contributed by atoms with Gasteiger partial charge in [-0.15, -0.1) is 5.10 Å². The van der Waals surface area contributed by atoms with Crippen molar-refractivity contribution in [3.63, 3.8) is 0 Å². The SMILES string of the molecule is COc1cccc(C(=O)Nc2ncn(Cc3ccccc3C)n2)c1OC. The average molecular weight is 352 g/mol. The molecule has 1 aromatic heterocycles. The van der Waals surface area contributed by atoms with Gasteiger partial charge in [0.1, 0.15) is 6.33 Å². The Hall–Kier alpha value is -3.35. The molecule has 7 heteroatoms. The number of aryl methyl sites for hydroxylation is 1. The van der Waals surface area contributed by atoms with Gasteiger partial charge < -0.3 is 9.47 Å². The number of hydrogen-bond donors (Lipinski definition) is 1. The Kier molecular flexibility index (Phi) is 5.17. The summed E-state index contributed by atoms with van der Waals surface area (Å²) in [4.78, 5) is 16.7. The van der Waals surface area contributed by atoms with E-state index in [0.29, 0.717) is 23.6 Å². The van der Waals surface area contributed by atoms with Crippen LogP contribution in [0.3, 0.4) is 0 Å². The lowest BCUT2D eigenvalue weighted by molar-refractivity contribution is 0.102. The maximum Gasteiger partial charge on any atom is 0.261 e. The first-order valence-corrected chi connectivity index (χ1v) is 8.08. The molecule has 0 aliphatic rings. The van der Waals surface area contributed by atoms with Gasteiger partial charge in [-0.3, -0.25) is 10.1 Å². The summed E-state index contributed by atoms with van der Waals surface area (Å²) in [5.74, 6) is 0.716. The van der Waals surface area contributed by atoms with Crippen molar-refractivity contribution in [2.24, 2.45) is 0 Å². The quantitative estimate of drug-likeness (QED) is 0.738. The van der Waals surface area contributed by atoms with Gasteiger partial charge in [0.05, 0.1) is 26.3 Å². The van der Waals surface area contributed by atoms with Gasteiger partial charge in [0.15, 0.2) is 11.5 Å². The third-order valence-electron chi connectivity index (χ3n) is 4.00. The highest BCUT2D eigenvalue weighted by Gasteiger charge is 2.17. The molecule has 0 atom stereocenters. The molecule has 3 rings (SSSR count). The molecule has 3 aromatic rings. The van der Waals surface area contributed by atoms with Crippen molar-refractivity contribution in [3.8, 4) is 11.5 Å². The second-order valence-electron chi connectivity index (χ2n) is 5.69. The number of hydrogen-bond acceptors (Lipinski definition) is 5. The summed E-state index contributed by atoms with van der Waals surface area (Å²) in [5, 5.41) is 7.00. The summed E-state index contributed by atoms with van der Waals surface area (Å²) in [6.07, 6.45) is 1.59. The van der Waals surface area contributed by atoms with Crippen LogP contribution in [0.5, 0.6) is 11.5 Å². The molecule has 0 saturated carbocycles. The highest BCUT2D eigenvalue weighted by Crippen LogP contribution is 2.30. The predicted molar refractivity (Wildman–Crippen MR) is 97.8 cm³/mol. The molecule has 0 aliphatic heterocycles. The maximum absolute atomic E-state index is 12.5. The van der Waals surface area contributed by atoms with Crippen LogP contribution in [-0.4, -0.2) is 34.9 Å². The van der Waals surface area contributed by atoms with Crippen molar-refractivity contribution in [3.05, 3.63) is 65.5 Å². The number of rotatable bonds is 6. The number of anilines is 1. The first-order chi connectivity index (χ1) is 12.6. The summed E-state index contributed by atoms with van der Waals surface area (Å²) in [6, 6.07) is 13.2. The molecule has 134 valence electrons. The molecular formula is C19H20N4O3. The fourth-order valence-electron chi connectivity index (χ4n) is 2.62. The predicted octanol–water partition coefficient (Wildman–Crippen LogP) is 2.90. The van der Waals surface area contributed by atoms with E-state index in [2.05, 4.69) is 15.4 Å². The second-order valence-corrected chi connectivity index (χ2v) is 5.69. The standard InChI is InChI=1S/C19H20N4O3/c1-13-7-4-5-8-14(13)11-23-12-20-19(22-23)21-18(24)15-9-6-10-16(25-2)17(15)26-3/h4-10,12H,11H2,1-3H3,(H,21,22,24). The second kappa shape index (κ2) is 7.69. The van der Waals surface area contributed by atoms with Gasteiger partial charge in [-0.1, -0.05) is 30.3 Å². The number of nitrogens with one attached hydrogen (secondary N) is 1. The lowest BCUT2D eigenvalue weighted by Gasteiger charge is -2.11. The number of para-hydroxylation sites is 1. The van der Waals surface area contributed by atoms with Crippen LogP contribution in [0.2, 0.25) is 0 Å². The van der Waals surface area contributed by atoms with Crippen LogP contribution in [0.4, 0.5) is 5.95 Å². The van der Waals surface area contributed by atoms with Crippen LogP contribution < -0.4 is 14.8 Å². The molecule has 1 N–H and O–H groups in total. The molecule has 1 heterocycles. The fraction of sp³-hybridized carbons (Fsp3) is 0.211. The molecule has 0 bridgehead atoms. The van der Waals surface area contributed by atoms with Gasteiger partial charge in [0.25, 0.3) is 5.91 Å². The molecule has 0 radical (unpaired) electrons. The average Bonchev–Trinajstić information content (AvgIpc) is 3.09. The number of nitrogens with zero attached hydrogens (tertiary/aromatic N) is 3. The molecule has 0 unspecified atom stereocenters. The Morgan fingerprint density at radius 1 is 1.12 bits per heavy atom. The lowest BCUT2D eigenvalue weighted by atomic mass is 10.1. The number of carbonyl (C=O) groups is 1. The highest BCUT2D eigenvalue weighted by atomic mass is 16.5. The van der Waals surface area contributed by atoms with Crippen molar-refractivity contribution in [1.82, 2.24) is 14.8 Å². The number of methoxy groups -OCH3 is 2. The fourth-order valence-corrected chi connectivity index (χ4v) is 2.62. The van der Waals surface area contributed by atoms with Crippen LogP contribution in [0.15, 0.2) is 48.8 Å². The monoisotopic (exact) mass is 352 g/mol. The Bertz CT molecular complexity index is 921. The van der Waals surface area contributed by atoms with E-state index in [4.69, 9.17) is 9.47 Å². The molecule has 7 nitrogen and oxygen atoms in total. The number of aromatic nitrogens is 3. The molecular weight excluding hydrogens is 332 g/mol. The summed E-state index contributed by atoms with van der Waals surface area (Å²) < 4.78 is 12.2. The molecule has 0 fully saturated rings. The molecule has 0 spiro atoms. The van der Waals surface area contributed by atoms with Crippen LogP contribution in [0, 0.1) is 6.92 Å². The van der Waals surface area contributed by atoms with Crippen LogP contribution >= 0.6 is 0 Å². The Morgan fingerprint density at radius 2 is 1.92 bits per heavy atom. The molecule has 26 heavy (non-hydrogen) atoms. The minimum absolute atomic E-state index is 0.230. The minimum Gasteiger partial charge on any atom is -0.493 e. The zero-order valence-corrected chi connectivity index (χ0v) is 14.9. The van der Waals surface area contributed by atoms with Crippen molar-refractivity contribution < 1.29 is 14.3 Å². The van der Waals surface area contributed by atoms with Gasteiger partial charge in [-0.25, -0.2) is 9.67 Å². The molecule has 2 aromatic carbocycles. The van der Waals surface area contributed by atoms with E-state index in [9.17, 15) is 4.79 Å². The Balaban J connectivity index is 1.75. The normalized spacial score (nSPS) is 10.4. The van der Waals surface area contributed by atoms with E-state index in [0.717, 1.165) is 5.56 Å². The maximum atomic E-state index is 12.5. The third kappa shape index (κ3) is 3.66. The third-order valence-corrected chi connectivity index (χ3v) is 4.00. The van der Waals surface area contributed by atoms with E-state index in [1.807, 2.05) is 31.2 Å².